The maximum atomic E-state index is 11.7. The van der Waals surface area contributed by atoms with Crippen molar-refractivity contribution in [1.82, 2.24) is 10.6 Å². The van der Waals surface area contributed by atoms with Crippen LogP contribution in [0.25, 0.3) is 0 Å². The quantitative estimate of drug-likeness (QED) is 0.615. The minimum absolute atomic E-state index is 0.116. The largest absolute Gasteiger partial charge is 0.508 e. The molecule has 0 radical (unpaired) electrons. The number of urea groups is 1. The first-order valence-corrected chi connectivity index (χ1v) is 6.97. The molecule has 1 rings (SSSR count). The van der Waals surface area contributed by atoms with Crippen LogP contribution in [-0.4, -0.2) is 34.8 Å². The fourth-order valence-corrected chi connectivity index (χ4v) is 1.69. The van der Waals surface area contributed by atoms with Crippen molar-refractivity contribution in [2.24, 2.45) is 5.92 Å². The third kappa shape index (κ3) is 6.16. The summed E-state index contributed by atoms with van der Waals surface area (Å²) in [5, 5.41) is 23.5. The molecule has 0 aromatic heterocycles. The Morgan fingerprint density at radius 1 is 1.24 bits per heavy atom. The van der Waals surface area contributed by atoms with Gasteiger partial charge in [0.2, 0.25) is 0 Å². The van der Waals surface area contributed by atoms with E-state index in [0.717, 1.165) is 12.0 Å². The van der Waals surface area contributed by atoms with Gasteiger partial charge in [-0.2, -0.15) is 0 Å². The molecule has 2 amide bonds. The maximum Gasteiger partial charge on any atom is 0.326 e. The molecule has 0 saturated carbocycles. The molecule has 0 aliphatic rings. The second-order valence-electron chi connectivity index (χ2n) is 5.13. The zero-order chi connectivity index (χ0) is 15.8. The molecule has 1 aromatic carbocycles. The molecule has 4 N–H and O–H groups in total. The van der Waals surface area contributed by atoms with E-state index in [2.05, 4.69) is 10.6 Å². The van der Waals surface area contributed by atoms with Crippen LogP contribution >= 0.6 is 0 Å². The number of phenols is 1. The van der Waals surface area contributed by atoms with Gasteiger partial charge in [0.1, 0.15) is 11.8 Å². The normalized spacial score (nSPS) is 13.2. The third-order valence-corrected chi connectivity index (χ3v) is 3.29. The number of rotatable bonds is 7. The van der Waals surface area contributed by atoms with Crippen molar-refractivity contribution in [1.29, 1.82) is 0 Å². The lowest BCUT2D eigenvalue weighted by Crippen LogP contribution is -2.47. The molecule has 6 nitrogen and oxygen atoms in total. The molecule has 6 heteroatoms. The standard InChI is InChI=1S/C15H22N2O4/c1-3-10(2)9-16-15(21)17-13(14(19)20)8-11-4-6-12(18)7-5-11/h4-7,10,13,18H,3,8-9H2,1-2H3,(H,19,20)(H2,16,17,21). The summed E-state index contributed by atoms with van der Waals surface area (Å²) in [6, 6.07) is 4.73. The van der Waals surface area contributed by atoms with Crippen LogP contribution in [0.15, 0.2) is 24.3 Å². The van der Waals surface area contributed by atoms with Crippen LogP contribution in [0.4, 0.5) is 4.79 Å². The van der Waals surface area contributed by atoms with E-state index < -0.39 is 18.0 Å². The molecule has 0 aliphatic carbocycles. The number of carboxylic acids is 1. The molecule has 0 spiro atoms. The van der Waals surface area contributed by atoms with Crippen LogP contribution < -0.4 is 10.6 Å². The summed E-state index contributed by atoms with van der Waals surface area (Å²) >= 11 is 0. The second kappa shape index (κ2) is 8.14. The van der Waals surface area contributed by atoms with E-state index in [1.54, 1.807) is 12.1 Å². The predicted molar refractivity (Wildman–Crippen MR) is 79.2 cm³/mol. The predicted octanol–water partition coefficient (Wildman–Crippen LogP) is 1.73. The van der Waals surface area contributed by atoms with Crippen LogP contribution in [0.5, 0.6) is 5.75 Å². The van der Waals surface area contributed by atoms with Gasteiger partial charge >= 0.3 is 12.0 Å². The minimum Gasteiger partial charge on any atom is -0.508 e. The number of carboxylic acid groups (broad SMARTS) is 1. The Hall–Kier alpha value is -2.24. The first-order chi connectivity index (χ1) is 9.92. The number of carbonyl (C=O) groups excluding carboxylic acids is 1. The van der Waals surface area contributed by atoms with Crippen LogP contribution in [0.3, 0.4) is 0 Å². The Labute approximate surface area is 124 Å². The van der Waals surface area contributed by atoms with Crippen molar-refractivity contribution in [3.05, 3.63) is 29.8 Å². The van der Waals surface area contributed by atoms with Gasteiger partial charge < -0.3 is 20.8 Å². The highest BCUT2D eigenvalue weighted by molar-refractivity contribution is 5.82. The van der Waals surface area contributed by atoms with Crippen molar-refractivity contribution >= 4 is 12.0 Å². The lowest BCUT2D eigenvalue weighted by Gasteiger charge is -2.16. The Balaban J connectivity index is 2.55. The molecule has 2 unspecified atom stereocenters. The number of hydrogen-bond donors (Lipinski definition) is 4. The fourth-order valence-electron chi connectivity index (χ4n) is 1.69. The number of carbonyl (C=O) groups is 2. The van der Waals surface area contributed by atoms with Gasteiger partial charge in [-0.05, 0) is 23.6 Å². The van der Waals surface area contributed by atoms with Crippen molar-refractivity contribution in [2.45, 2.75) is 32.7 Å². The van der Waals surface area contributed by atoms with E-state index in [1.807, 2.05) is 13.8 Å². The second-order valence-corrected chi connectivity index (χ2v) is 5.13. The summed E-state index contributed by atoms with van der Waals surface area (Å²) in [6.45, 7) is 4.54. The number of benzene rings is 1. The van der Waals surface area contributed by atoms with Gasteiger partial charge in [-0.15, -0.1) is 0 Å². The van der Waals surface area contributed by atoms with Crippen LogP contribution in [0.1, 0.15) is 25.8 Å². The first kappa shape index (κ1) is 16.8. The summed E-state index contributed by atoms with van der Waals surface area (Å²) in [6.07, 6.45) is 1.10. The van der Waals surface area contributed by atoms with E-state index in [-0.39, 0.29) is 12.2 Å². The lowest BCUT2D eigenvalue weighted by molar-refractivity contribution is -0.139. The van der Waals surface area contributed by atoms with E-state index >= 15 is 0 Å². The summed E-state index contributed by atoms with van der Waals surface area (Å²) in [5.74, 6) is -0.636. The highest BCUT2D eigenvalue weighted by Crippen LogP contribution is 2.11. The molecule has 1 aromatic rings. The number of phenolic OH excluding ortho intramolecular Hbond substituents is 1. The van der Waals surface area contributed by atoms with E-state index in [1.165, 1.54) is 12.1 Å². The van der Waals surface area contributed by atoms with Gasteiger partial charge in [0, 0.05) is 13.0 Å². The van der Waals surface area contributed by atoms with E-state index in [4.69, 9.17) is 5.11 Å². The first-order valence-electron chi connectivity index (χ1n) is 6.97. The van der Waals surface area contributed by atoms with Crippen molar-refractivity contribution in [2.75, 3.05) is 6.54 Å². The number of aliphatic carboxylic acids is 1. The number of amides is 2. The number of hydrogen-bond acceptors (Lipinski definition) is 3. The van der Waals surface area contributed by atoms with Crippen LogP contribution in [0.2, 0.25) is 0 Å². The topological polar surface area (TPSA) is 98.7 Å². The molecule has 116 valence electrons. The molecule has 0 fully saturated rings. The maximum absolute atomic E-state index is 11.7. The highest BCUT2D eigenvalue weighted by Gasteiger charge is 2.20. The smallest absolute Gasteiger partial charge is 0.326 e. The third-order valence-electron chi connectivity index (χ3n) is 3.29. The zero-order valence-corrected chi connectivity index (χ0v) is 12.3. The zero-order valence-electron chi connectivity index (χ0n) is 12.3. The van der Waals surface area contributed by atoms with Crippen molar-refractivity contribution in [3.63, 3.8) is 0 Å². The van der Waals surface area contributed by atoms with Gasteiger partial charge in [0.25, 0.3) is 0 Å². The average Bonchev–Trinajstić information content (AvgIpc) is 2.46. The fraction of sp³-hybridized carbons (Fsp3) is 0.467. The minimum atomic E-state index is -1.10. The van der Waals surface area contributed by atoms with Crippen molar-refractivity contribution in [3.8, 4) is 5.75 Å². The summed E-state index contributed by atoms with van der Waals surface area (Å²) in [4.78, 5) is 22.9. The van der Waals surface area contributed by atoms with Crippen LogP contribution in [-0.2, 0) is 11.2 Å². The van der Waals surface area contributed by atoms with Gasteiger partial charge in [-0.25, -0.2) is 9.59 Å². The Bertz CT molecular complexity index is 473. The average molecular weight is 294 g/mol. The van der Waals surface area contributed by atoms with Crippen LogP contribution in [0, 0.1) is 5.92 Å². The van der Waals surface area contributed by atoms with Gasteiger partial charge in [-0.1, -0.05) is 32.4 Å². The molecule has 0 saturated heterocycles. The molecule has 0 aliphatic heterocycles. The van der Waals surface area contributed by atoms with Gasteiger partial charge in [0.15, 0.2) is 0 Å². The van der Waals surface area contributed by atoms with Gasteiger partial charge in [-0.3, -0.25) is 0 Å². The van der Waals surface area contributed by atoms with Crippen molar-refractivity contribution < 1.29 is 19.8 Å². The van der Waals surface area contributed by atoms with E-state index in [0.29, 0.717) is 12.5 Å². The summed E-state index contributed by atoms with van der Waals surface area (Å²) in [7, 11) is 0. The summed E-state index contributed by atoms with van der Waals surface area (Å²) < 4.78 is 0. The molecular formula is C15H22N2O4. The van der Waals surface area contributed by atoms with E-state index in [9.17, 15) is 14.7 Å². The highest BCUT2D eigenvalue weighted by atomic mass is 16.4. The Morgan fingerprint density at radius 3 is 2.38 bits per heavy atom. The Kier molecular flexibility index (Phi) is 6.52. The SMILES string of the molecule is CCC(C)CNC(=O)NC(Cc1ccc(O)cc1)C(=O)O. The molecule has 0 bridgehead atoms. The molecule has 2 atom stereocenters. The Morgan fingerprint density at radius 2 is 1.86 bits per heavy atom. The summed E-state index contributed by atoms with van der Waals surface area (Å²) in [5.41, 5.74) is 0.724. The van der Waals surface area contributed by atoms with Gasteiger partial charge in [0.05, 0.1) is 0 Å². The molecular weight excluding hydrogens is 272 g/mol. The lowest BCUT2D eigenvalue weighted by atomic mass is 10.1. The number of aromatic hydroxyl groups is 1. The number of nitrogens with one attached hydrogen (secondary N) is 2. The monoisotopic (exact) mass is 294 g/mol. The molecule has 21 heavy (non-hydrogen) atoms. The molecule has 0 heterocycles.